The summed E-state index contributed by atoms with van der Waals surface area (Å²) in [6.07, 6.45) is 4.89. The maximum Gasteiger partial charge on any atom is 0.128 e. The predicted octanol–water partition coefficient (Wildman–Crippen LogP) is 2.96. The predicted molar refractivity (Wildman–Crippen MR) is 74.0 cm³/mol. The topological polar surface area (TPSA) is 62.1 Å². The second-order valence-corrected chi connectivity index (χ2v) is 5.26. The van der Waals surface area contributed by atoms with Crippen molar-refractivity contribution in [1.29, 1.82) is 0 Å². The van der Waals surface area contributed by atoms with Gasteiger partial charge in [-0.05, 0) is 31.9 Å². The number of hydrogen-bond donors (Lipinski definition) is 2. The Morgan fingerprint density at radius 3 is 2.63 bits per heavy atom. The Morgan fingerprint density at radius 2 is 1.95 bits per heavy atom. The lowest BCUT2D eigenvalue weighted by molar-refractivity contribution is -0.0339. The van der Waals surface area contributed by atoms with Crippen LogP contribution in [0.1, 0.15) is 44.6 Å². The van der Waals surface area contributed by atoms with Gasteiger partial charge in [-0.15, -0.1) is 0 Å². The van der Waals surface area contributed by atoms with E-state index in [1.165, 1.54) is 6.42 Å². The summed E-state index contributed by atoms with van der Waals surface area (Å²) in [6, 6.07) is 7.41. The minimum atomic E-state index is -0.713. The van der Waals surface area contributed by atoms with E-state index in [0.717, 1.165) is 31.2 Å². The normalized spacial score (nSPS) is 19.2. The third-order valence-corrected chi connectivity index (χ3v) is 3.71. The molecule has 19 heavy (non-hydrogen) atoms. The van der Waals surface area contributed by atoms with Gasteiger partial charge in [-0.3, -0.25) is 0 Å². The van der Waals surface area contributed by atoms with Crippen LogP contribution in [-0.4, -0.2) is 28.2 Å². The molecular weight excluding hydrogens is 242 g/mol. The number of ether oxygens (including phenoxy) is 1. The third-order valence-electron chi connectivity index (χ3n) is 3.71. The minimum Gasteiger partial charge on any atom is -0.490 e. The fourth-order valence-electron chi connectivity index (χ4n) is 2.51. The largest absolute Gasteiger partial charge is 0.490 e. The standard InChI is InChI=1S/C15H21NO3/c1-12(16-18)13-7-3-4-8-14(13)19-11-15(17)9-5-2-6-10-15/h3-4,7-8,17-18H,2,5-6,9-11H2,1H3. The van der Waals surface area contributed by atoms with Crippen molar-refractivity contribution in [2.75, 3.05) is 6.61 Å². The summed E-state index contributed by atoms with van der Waals surface area (Å²) < 4.78 is 5.76. The molecular formula is C15H21NO3. The third kappa shape index (κ3) is 3.47. The molecule has 0 heterocycles. The molecule has 1 aromatic carbocycles. The number of aliphatic hydroxyl groups is 1. The highest BCUT2D eigenvalue weighted by atomic mass is 16.5. The van der Waals surface area contributed by atoms with Crippen LogP contribution < -0.4 is 4.74 Å². The van der Waals surface area contributed by atoms with E-state index in [1.807, 2.05) is 24.3 Å². The Balaban J connectivity index is 2.07. The van der Waals surface area contributed by atoms with Gasteiger partial charge in [0.05, 0.1) is 11.3 Å². The van der Waals surface area contributed by atoms with Gasteiger partial charge >= 0.3 is 0 Å². The summed E-state index contributed by atoms with van der Waals surface area (Å²) in [4.78, 5) is 0. The highest BCUT2D eigenvalue weighted by Gasteiger charge is 2.30. The fraction of sp³-hybridized carbons (Fsp3) is 0.533. The Labute approximate surface area is 113 Å². The van der Waals surface area contributed by atoms with Crippen LogP contribution in [0.5, 0.6) is 5.75 Å². The van der Waals surface area contributed by atoms with Crippen LogP contribution in [0.15, 0.2) is 29.4 Å². The molecule has 1 aromatic rings. The SMILES string of the molecule is CC(=NO)c1ccccc1OCC1(O)CCCCC1. The summed E-state index contributed by atoms with van der Waals surface area (Å²) in [7, 11) is 0. The number of nitrogens with zero attached hydrogens (tertiary/aromatic N) is 1. The molecule has 0 saturated heterocycles. The van der Waals surface area contributed by atoms with Crippen molar-refractivity contribution >= 4 is 5.71 Å². The molecule has 0 atom stereocenters. The zero-order chi connectivity index (χ0) is 13.7. The maximum atomic E-state index is 10.4. The summed E-state index contributed by atoms with van der Waals surface area (Å²) in [5.74, 6) is 0.650. The molecule has 4 heteroatoms. The lowest BCUT2D eigenvalue weighted by atomic mass is 9.85. The van der Waals surface area contributed by atoms with E-state index < -0.39 is 5.60 Å². The lowest BCUT2D eigenvalue weighted by Gasteiger charge is -2.31. The van der Waals surface area contributed by atoms with Gasteiger partial charge in [-0.2, -0.15) is 0 Å². The van der Waals surface area contributed by atoms with Crippen LogP contribution in [0.2, 0.25) is 0 Å². The van der Waals surface area contributed by atoms with Gasteiger partial charge in [0.25, 0.3) is 0 Å². The molecule has 2 N–H and O–H groups in total. The van der Waals surface area contributed by atoms with Crippen LogP contribution in [0.3, 0.4) is 0 Å². The quantitative estimate of drug-likeness (QED) is 0.499. The van der Waals surface area contributed by atoms with Crippen molar-refractivity contribution in [3.8, 4) is 5.75 Å². The molecule has 4 nitrogen and oxygen atoms in total. The van der Waals surface area contributed by atoms with Crippen molar-refractivity contribution in [3.05, 3.63) is 29.8 Å². The maximum absolute atomic E-state index is 10.4. The molecule has 0 spiro atoms. The molecule has 1 fully saturated rings. The molecule has 0 aromatic heterocycles. The molecule has 1 aliphatic rings. The van der Waals surface area contributed by atoms with Gasteiger partial charge in [-0.1, -0.05) is 36.6 Å². The Morgan fingerprint density at radius 1 is 1.26 bits per heavy atom. The first kappa shape index (κ1) is 13.9. The second-order valence-electron chi connectivity index (χ2n) is 5.26. The zero-order valence-electron chi connectivity index (χ0n) is 11.3. The Bertz CT molecular complexity index is 450. The molecule has 1 saturated carbocycles. The number of oxime groups is 1. The smallest absolute Gasteiger partial charge is 0.128 e. The molecule has 104 valence electrons. The van der Waals surface area contributed by atoms with Crippen LogP contribution in [0.4, 0.5) is 0 Å². The number of benzene rings is 1. The molecule has 0 unspecified atom stereocenters. The highest BCUT2D eigenvalue weighted by Crippen LogP contribution is 2.29. The average molecular weight is 263 g/mol. The van der Waals surface area contributed by atoms with E-state index in [0.29, 0.717) is 18.1 Å². The molecule has 2 rings (SSSR count). The van der Waals surface area contributed by atoms with E-state index in [-0.39, 0.29) is 0 Å². The van der Waals surface area contributed by atoms with Crippen molar-refractivity contribution in [2.45, 2.75) is 44.6 Å². The molecule has 0 amide bonds. The lowest BCUT2D eigenvalue weighted by Crippen LogP contribution is -2.38. The Hall–Kier alpha value is -1.55. The second kappa shape index (κ2) is 6.06. The van der Waals surface area contributed by atoms with E-state index >= 15 is 0 Å². The summed E-state index contributed by atoms with van der Waals surface area (Å²) >= 11 is 0. The highest BCUT2D eigenvalue weighted by molar-refractivity contribution is 6.00. The van der Waals surface area contributed by atoms with Gasteiger partial charge in [-0.25, -0.2) is 0 Å². The van der Waals surface area contributed by atoms with Crippen molar-refractivity contribution in [2.24, 2.45) is 5.16 Å². The zero-order valence-corrected chi connectivity index (χ0v) is 11.3. The van der Waals surface area contributed by atoms with E-state index in [4.69, 9.17) is 9.94 Å². The number of rotatable bonds is 4. The van der Waals surface area contributed by atoms with Crippen molar-refractivity contribution < 1.29 is 15.1 Å². The van der Waals surface area contributed by atoms with Crippen LogP contribution in [-0.2, 0) is 0 Å². The van der Waals surface area contributed by atoms with Gasteiger partial charge in [0, 0.05) is 5.56 Å². The van der Waals surface area contributed by atoms with Crippen LogP contribution in [0, 0.1) is 0 Å². The number of hydrogen-bond acceptors (Lipinski definition) is 4. The first-order chi connectivity index (χ1) is 9.14. The van der Waals surface area contributed by atoms with E-state index in [2.05, 4.69) is 5.16 Å². The molecule has 0 bridgehead atoms. The fourth-order valence-corrected chi connectivity index (χ4v) is 2.51. The monoisotopic (exact) mass is 263 g/mol. The minimum absolute atomic E-state index is 0.294. The van der Waals surface area contributed by atoms with Gasteiger partial charge in [0.2, 0.25) is 0 Å². The molecule has 0 aliphatic heterocycles. The first-order valence-electron chi connectivity index (χ1n) is 6.78. The van der Waals surface area contributed by atoms with Crippen LogP contribution >= 0.6 is 0 Å². The summed E-state index contributed by atoms with van der Waals surface area (Å²) in [6.45, 7) is 2.01. The molecule has 0 radical (unpaired) electrons. The summed E-state index contributed by atoms with van der Waals surface area (Å²) in [5, 5.41) is 22.5. The van der Waals surface area contributed by atoms with Gasteiger partial charge in [0.15, 0.2) is 0 Å². The first-order valence-corrected chi connectivity index (χ1v) is 6.78. The number of para-hydroxylation sites is 1. The van der Waals surface area contributed by atoms with Crippen molar-refractivity contribution in [3.63, 3.8) is 0 Å². The summed E-state index contributed by atoms with van der Waals surface area (Å²) in [5.41, 5.74) is 0.547. The van der Waals surface area contributed by atoms with E-state index in [1.54, 1.807) is 6.92 Å². The molecule has 1 aliphatic carbocycles. The van der Waals surface area contributed by atoms with Gasteiger partial charge < -0.3 is 15.1 Å². The average Bonchev–Trinajstić information content (AvgIpc) is 2.45. The Kier molecular flexibility index (Phi) is 4.43. The van der Waals surface area contributed by atoms with Gasteiger partial charge in [0.1, 0.15) is 12.4 Å². The van der Waals surface area contributed by atoms with Crippen molar-refractivity contribution in [1.82, 2.24) is 0 Å². The van der Waals surface area contributed by atoms with E-state index in [9.17, 15) is 5.11 Å². The van der Waals surface area contributed by atoms with Crippen LogP contribution in [0.25, 0.3) is 0 Å².